The van der Waals surface area contributed by atoms with Crippen molar-refractivity contribution in [3.05, 3.63) is 24.0 Å². The van der Waals surface area contributed by atoms with Crippen LogP contribution in [-0.4, -0.2) is 50.9 Å². The smallest absolute Gasteiger partial charge is 0.337 e. The van der Waals surface area contributed by atoms with Crippen LogP contribution < -0.4 is 10.5 Å². The number of rotatable bonds is 8. The highest BCUT2D eigenvalue weighted by Gasteiger charge is 2.42. The summed E-state index contributed by atoms with van der Waals surface area (Å²) < 4.78 is 6.02. The van der Waals surface area contributed by atoms with Crippen LogP contribution in [0.3, 0.4) is 0 Å². The van der Waals surface area contributed by atoms with Crippen molar-refractivity contribution in [3.63, 3.8) is 0 Å². The Kier molecular flexibility index (Phi) is 7.10. The summed E-state index contributed by atoms with van der Waals surface area (Å²) in [6.45, 7) is 2.26. The van der Waals surface area contributed by atoms with Crippen molar-refractivity contribution < 1.29 is 19.7 Å². The minimum atomic E-state index is -2.05. The van der Waals surface area contributed by atoms with Gasteiger partial charge in [-0.1, -0.05) is 6.92 Å². The molecule has 1 aliphatic rings. The average molecular weight is 368 g/mol. The number of carbonyl (C=O) groups is 1. The monoisotopic (exact) mass is 368 g/mol. The van der Waals surface area contributed by atoms with Crippen LogP contribution in [0.5, 0.6) is 5.75 Å². The number of hydrogen-bond donors (Lipinski definition) is 3. The first-order valence-corrected chi connectivity index (χ1v) is 10.1. The lowest BCUT2D eigenvalue weighted by atomic mass is 9.89. The Hall–Kier alpha value is -1.31. The van der Waals surface area contributed by atoms with Crippen LogP contribution in [0.1, 0.15) is 38.3 Å². The van der Waals surface area contributed by atoms with Crippen molar-refractivity contribution in [1.82, 2.24) is 4.98 Å². The molecule has 4 N–H and O–H groups in total. The molecular formula is C18H28N2O4S. The van der Waals surface area contributed by atoms with Gasteiger partial charge in [-0.25, -0.2) is 4.79 Å². The highest BCUT2D eigenvalue weighted by molar-refractivity contribution is 7.98. The van der Waals surface area contributed by atoms with E-state index in [1.165, 1.54) is 11.8 Å². The summed E-state index contributed by atoms with van der Waals surface area (Å²) >= 11 is 1.40. The van der Waals surface area contributed by atoms with Crippen LogP contribution in [0.15, 0.2) is 18.3 Å². The zero-order valence-corrected chi connectivity index (χ0v) is 15.7. The van der Waals surface area contributed by atoms with Gasteiger partial charge in [0.1, 0.15) is 5.75 Å². The number of aromatic nitrogens is 1. The molecule has 2 atom stereocenters. The second-order valence-corrected chi connectivity index (χ2v) is 7.86. The lowest BCUT2D eigenvalue weighted by Crippen LogP contribution is -2.57. The van der Waals surface area contributed by atoms with E-state index in [1.807, 2.05) is 6.26 Å². The third kappa shape index (κ3) is 5.33. The molecule has 1 aliphatic carbocycles. The van der Waals surface area contributed by atoms with Gasteiger partial charge >= 0.3 is 5.97 Å². The van der Waals surface area contributed by atoms with Crippen LogP contribution in [-0.2, 0) is 11.2 Å². The fraction of sp³-hybridized carbons (Fsp3) is 0.667. The number of hydrogen-bond acceptors (Lipinski definition) is 6. The van der Waals surface area contributed by atoms with Crippen LogP contribution in [0.25, 0.3) is 0 Å². The summed E-state index contributed by atoms with van der Waals surface area (Å²) in [6.07, 6.45) is 7.80. The second kappa shape index (κ2) is 8.87. The summed E-state index contributed by atoms with van der Waals surface area (Å²) in [5, 5.41) is 20.0. The number of thioether (sulfide) groups is 1. The number of nitrogens with two attached hydrogens (primary N) is 1. The lowest BCUT2D eigenvalue weighted by Gasteiger charge is -2.29. The molecule has 0 spiro atoms. The van der Waals surface area contributed by atoms with E-state index < -0.39 is 17.6 Å². The van der Waals surface area contributed by atoms with Gasteiger partial charge in [0, 0.05) is 30.1 Å². The predicted octanol–water partition coefficient (Wildman–Crippen LogP) is 2.09. The maximum Gasteiger partial charge on any atom is 0.337 e. The second-order valence-electron chi connectivity index (χ2n) is 6.95. The third-order valence-corrected chi connectivity index (χ3v) is 5.53. The van der Waals surface area contributed by atoms with Gasteiger partial charge in [0.15, 0.2) is 5.60 Å². The zero-order chi connectivity index (χ0) is 18.4. The molecule has 25 heavy (non-hydrogen) atoms. The molecule has 0 aliphatic heterocycles. The van der Waals surface area contributed by atoms with Gasteiger partial charge in [-0.2, -0.15) is 11.8 Å². The van der Waals surface area contributed by atoms with Gasteiger partial charge in [-0.05, 0) is 43.9 Å². The van der Waals surface area contributed by atoms with Gasteiger partial charge < -0.3 is 20.7 Å². The number of carboxylic acids is 1. The number of nitrogens with zero attached hydrogens (tertiary/aromatic N) is 1. The molecule has 1 saturated carbocycles. The first-order chi connectivity index (χ1) is 11.8. The molecule has 2 rings (SSSR count). The quantitative estimate of drug-likeness (QED) is 0.645. The summed E-state index contributed by atoms with van der Waals surface area (Å²) in [7, 11) is 0. The topological polar surface area (TPSA) is 106 Å². The number of carboxylic acid groups (broad SMARTS) is 1. The molecule has 0 saturated heterocycles. The Bertz CT molecular complexity index is 578. The van der Waals surface area contributed by atoms with Gasteiger partial charge in [0.25, 0.3) is 0 Å². The van der Waals surface area contributed by atoms with E-state index in [-0.39, 0.29) is 12.5 Å². The van der Waals surface area contributed by atoms with E-state index in [4.69, 9.17) is 10.5 Å². The molecule has 140 valence electrons. The van der Waals surface area contributed by atoms with Crippen molar-refractivity contribution in [1.29, 1.82) is 0 Å². The van der Waals surface area contributed by atoms with E-state index in [1.54, 1.807) is 18.3 Å². The Morgan fingerprint density at radius 2 is 2.16 bits per heavy atom. The highest BCUT2D eigenvalue weighted by atomic mass is 32.2. The van der Waals surface area contributed by atoms with Crippen molar-refractivity contribution in [2.24, 2.45) is 11.7 Å². The fourth-order valence-electron chi connectivity index (χ4n) is 3.12. The number of ether oxygens (including phenoxy) is 1. The average Bonchev–Trinajstić information content (AvgIpc) is 2.57. The van der Waals surface area contributed by atoms with Crippen molar-refractivity contribution >= 4 is 17.7 Å². The Morgan fingerprint density at radius 1 is 1.48 bits per heavy atom. The normalized spacial score (nSPS) is 24.3. The Morgan fingerprint density at radius 3 is 2.76 bits per heavy atom. The molecule has 0 bridgehead atoms. The van der Waals surface area contributed by atoms with Gasteiger partial charge in [-0.15, -0.1) is 0 Å². The third-order valence-electron chi connectivity index (χ3n) is 4.83. The summed E-state index contributed by atoms with van der Waals surface area (Å²) in [4.78, 5) is 15.8. The van der Waals surface area contributed by atoms with Gasteiger partial charge in [-0.3, -0.25) is 4.98 Å². The van der Waals surface area contributed by atoms with Gasteiger partial charge in [0.2, 0.25) is 0 Å². The van der Waals surface area contributed by atoms with E-state index in [0.29, 0.717) is 17.2 Å². The molecule has 0 radical (unpaired) electrons. The minimum absolute atomic E-state index is 0.150. The maximum atomic E-state index is 11.6. The molecule has 0 aromatic carbocycles. The van der Waals surface area contributed by atoms with Crippen LogP contribution in [0, 0.1) is 5.92 Å². The molecular weight excluding hydrogens is 340 g/mol. The fourth-order valence-corrected chi connectivity index (χ4v) is 3.76. The van der Waals surface area contributed by atoms with Crippen molar-refractivity contribution in [3.8, 4) is 5.75 Å². The summed E-state index contributed by atoms with van der Waals surface area (Å²) in [5.41, 5.74) is 4.32. The molecule has 7 heteroatoms. The van der Waals surface area contributed by atoms with Crippen LogP contribution in [0.2, 0.25) is 0 Å². The molecule has 6 nitrogen and oxygen atoms in total. The largest absolute Gasteiger partial charge is 0.490 e. The minimum Gasteiger partial charge on any atom is -0.490 e. The van der Waals surface area contributed by atoms with Crippen molar-refractivity contribution in [2.45, 2.75) is 56.8 Å². The van der Waals surface area contributed by atoms with Crippen LogP contribution in [0.4, 0.5) is 0 Å². The number of aliphatic hydroxyl groups is 1. The van der Waals surface area contributed by atoms with E-state index in [2.05, 4.69) is 11.9 Å². The number of aliphatic carboxylic acids is 1. The molecule has 1 heterocycles. The maximum absolute atomic E-state index is 11.6. The molecule has 0 amide bonds. The SMILES string of the molecule is CSCC(N)C(O)(Cc1cc(O[C@H]2CC[C@H](C)CC2)ccn1)C(=O)O. The van der Waals surface area contributed by atoms with Crippen LogP contribution >= 0.6 is 11.8 Å². The molecule has 1 fully saturated rings. The predicted molar refractivity (Wildman–Crippen MR) is 98.9 cm³/mol. The first-order valence-electron chi connectivity index (χ1n) is 8.67. The lowest BCUT2D eigenvalue weighted by molar-refractivity contribution is -0.160. The zero-order valence-electron chi connectivity index (χ0n) is 14.9. The number of pyridine rings is 1. The summed E-state index contributed by atoms with van der Waals surface area (Å²) in [5.74, 6) is 0.426. The van der Waals surface area contributed by atoms with E-state index in [0.717, 1.165) is 31.6 Å². The van der Waals surface area contributed by atoms with Gasteiger partial charge in [0.05, 0.1) is 12.1 Å². The highest BCUT2D eigenvalue weighted by Crippen LogP contribution is 2.28. The van der Waals surface area contributed by atoms with E-state index in [9.17, 15) is 15.0 Å². The first kappa shape index (κ1) is 20.0. The Balaban J connectivity index is 2.07. The summed E-state index contributed by atoms with van der Waals surface area (Å²) in [6, 6.07) is 2.59. The van der Waals surface area contributed by atoms with Crippen molar-refractivity contribution in [2.75, 3.05) is 12.0 Å². The molecule has 2 unspecified atom stereocenters. The van der Waals surface area contributed by atoms with E-state index >= 15 is 0 Å². The molecule has 1 aromatic heterocycles. The molecule has 1 aromatic rings. The standard InChI is InChI=1S/C18H28N2O4S/c1-12-3-5-14(6-4-12)24-15-7-8-20-13(9-15)10-18(23,17(21)22)16(19)11-25-2/h7-9,12,14,16,23H,3-6,10-11,19H2,1-2H3,(H,21,22)/t12-,14-,16?,18?. The Labute approximate surface area is 153 Å².